The van der Waals surface area contributed by atoms with Gasteiger partial charge >= 0.3 is 0 Å². The molecule has 0 unspecified atom stereocenters. The van der Waals surface area contributed by atoms with E-state index in [1.807, 2.05) is 0 Å². The molecule has 0 aliphatic carbocycles. The van der Waals surface area contributed by atoms with Crippen molar-refractivity contribution in [3.05, 3.63) is 23.3 Å². The normalized spacial score (nSPS) is 24.0. The van der Waals surface area contributed by atoms with Gasteiger partial charge < -0.3 is 4.74 Å². The smallest absolute Gasteiger partial charge is 0.142 e. The summed E-state index contributed by atoms with van der Waals surface area (Å²) in [5, 5.41) is 0. The number of ether oxygens (including phenoxy) is 1. The zero-order valence-corrected chi connectivity index (χ0v) is 14.6. The maximum absolute atomic E-state index is 5.45. The average molecular weight is 318 g/mol. The highest BCUT2D eigenvalue weighted by molar-refractivity contribution is 5.08. The maximum atomic E-state index is 5.45. The van der Waals surface area contributed by atoms with E-state index in [-0.39, 0.29) is 0 Å². The molecule has 0 aromatic carbocycles. The summed E-state index contributed by atoms with van der Waals surface area (Å²) >= 11 is 0. The predicted octanol–water partition coefficient (Wildman–Crippen LogP) is 2.17. The minimum atomic E-state index is 0.677. The molecule has 1 atom stereocenters. The zero-order chi connectivity index (χ0) is 16.1. The molecule has 0 saturated carbocycles. The van der Waals surface area contributed by atoms with Crippen LogP contribution in [0.4, 0.5) is 0 Å². The van der Waals surface area contributed by atoms with Gasteiger partial charge in [-0.15, -0.1) is 0 Å². The van der Waals surface area contributed by atoms with Crippen molar-refractivity contribution < 1.29 is 4.74 Å². The first-order valence-corrected chi connectivity index (χ1v) is 9.06. The van der Waals surface area contributed by atoms with E-state index in [1.54, 1.807) is 0 Å². The van der Waals surface area contributed by atoms with Crippen LogP contribution in [0.2, 0.25) is 0 Å². The lowest BCUT2D eigenvalue weighted by Crippen LogP contribution is -2.43. The molecule has 3 heterocycles. The van der Waals surface area contributed by atoms with Gasteiger partial charge in [-0.05, 0) is 52.3 Å². The van der Waals surface area contributed by atoms with Crippen molar-refractivity contribution in [1.29, 1.82) is 0 Å². The van der Waals surface area contributed by atoms with Crippen LogP contribution in [0.1, 0.15) is 42.9 Å². The van der Waals surface area contributed by atoms with Crippen molar-refractivity contribution in [3.8, 4) is 0 Å². The lowest BCUT2D eigenvalue weighted by Gasteiger charge is -2.37. The van der Waals surface area contributed by atoms with Gasteiger partial charge in [-0.25, -0.2) is 9.97 Å². The van der Waals surface area contributed by atoms with E-state index in [2.05, 4.69) is 39.7 Å². The number of hydrogen-bond acceptors (Lipinski definition) is 5. The number of aryl methyl sites for hydroxylation is 2. The number of aromatic nitrogens is 2. The van der Waals surface area contributed by atoms with Crippen LogP contribution in [0, 0.1) is 13.8 Å². The summed E-state index contributed by atoms with van der Waals surface area (Å²) in [4.78, 5) is 14.4. The molecular weight excluding hydrogens is 288 g/mol. The Morgan fingerprint density at radius 3 is 2.57 bits per heavy atom. The molecule has 2 fully saturated rings. The van der Waals surface area contributed by atoms with E-state index in [9.17, 15) is 0 Å². The van der Waals surface area contributed by atoms with Gasteiger partial charge in [0, 0.05) is 30.5 Å². The minimum absolute atomic E-state index is 0.677. The number of rotatable bonds is 5. The predicted molar refractivity (Wildman–Crippen MR) is 91.4 cm³/mol. The number of piperidine rings is 1. The van der Waals surface area contributed by atoms with Crippen molar-refractivity contribution in [3.63, 3.8) is 0 Å². The molecule has 2 aliphatic heterocycles. The SMILES string of the molecule is Cc1cc(C)nc(CN2CCCC[C@H]2CCN2CCOCC2)n1. The summed E-state index contributed by atoms with van der Waals surface area (Å²) in [7, 11) is 0. The molecule has 2 aliphatic rings. The second-order valence-electron chi connectivity index (χ2n) is 6.93. The van der Waals surface area contributed by atoms with Crippen LogP contribution in [-0.4, -0.2) is 65.2 Å². The van der Waals surface area contributed by atoms with Crippen molar-refractivity contribution in [2.45, 2.75) is 52.1 Å². The molecule has 5 nitrogen and oxygen atoms in total. The van der Waals surface area contributed by atoms with Gasteiger partial charge in [0.1, 0.15) is 5.82 Å². The Morgan fingerprint density at radius 1 is 1.09 bits per heavy atom. The van der Waals surface area contributed by atoms with Gasteiger partial charge in [0.05, 0.1) is 19.8 Å². The molecule has 0 bridgehead atoms. The van der Waals surface area contributed by atoms with Gasteiger partial charge in [0.25, 0.3) is 0 Å². The summed E-state index contributed by atoms with van der Waals surface area (Å²) in [5.41, 5.74) is 2.16. The largest absolute Gasteiger partial charge is 0.379 e. The Labute approximate surface area is 140 Å². The van der Waals surface area contributed by atoms with E-state index in [4.69, 9.17) is 4.74 Å². The van der Waals surface area contributed by atoms with Crippen molar-refractivity contribution in [2.24, 2.45) is 0 Å². The molecule has 1 aromatic heterocycles. The van der Waals surface area contributed by atoms with E-state index in [0.717, 1.165) is 50.1 Å². The molecule has 23 heavy (non-hydrogen) atoms. The number of hydrogen-bond donors (Lipinski definition) is 0. The topological polar surface area (TPSA) is 41.5 Å². The summed E-state index contributed by atoms with van der Waals surface area (Å²) in [5.74, 6) is 0.987. The lowest BCUT2D eigenvalue weighted by atomic mass is 9.99. The van der Waals surface area contributed by atoms with Crippen LogP contribution in [0.25, 0.3) is 0 Å². The summed E-state index contributed by atoms with van der Waals surface area (Å²) in [6.45, 7) is 11.4. The second kappa shape index (κ2) is 8.18. The third-order valence-electron chi connectivity index (χ3n) is 5.00. The average Bonchev–Trinajstić information content (AvgIpc) is 2.54. The van der Waals surface area contributed by atoms with Gasteiger partial charge in [-0.1, -0.05) is 6.42 Å². The first-order chi connectivity index (χ1) is 11.2. The van der Waals surface area contributed by atoms with E-state index in [1.165, 1.54) is 38.8 Å². The van der Waals surface area contributed by atoms with Gasteiger partial charge in [-0.2, -0.15) is 0 Å². The highest BCUT2D eigenvalue weighted by Gasteiger charge is 2.24. The molecule has 2 saturated heterocycles. The summed E-state index contributed by atoms with van der Waals surface area (Å²) in [6, 6.07) is 2.73. The van der Waals surface area contributed by atoms with Crippen molar-refractivity contribution >= 4 is 0 Å². The number of nitrogens with zero attached hydrogens (tertiary/aromatic N) is 4. The van der Waals surface area contributed by atoms with Gasteiger partial charge in [-0.3, -0.25) is 9.80 Å². The Morgan fingerprint density at radius 2 is 1.83 bits per heavy atom. The van der Waals surface area contributed by atoms with E-state index >= 15 is 0 Å². The van der Waals surface area contributed by atoms with Crippen LogP contribution in [0.15, 0.2) is 6.07 Å². The third-order valence-corrected chi connectivity index (χ3v) is 5.00. The maximum Gasteiger partial charge on any atom is 0.142 e. The molecular formula is C18H30N4O. The fraction of sp³-hybridized carbons (Fsp3) is 0.778. The third kappa shape index (κ3) is 4.96. The first kappa shape index (κ1) is 16.8. The second-order valence-corrected chi connectivity index (χ2v) is 6.93. The van der Waals surface area contributed by atoms with Crippen LogP contribution in [0.5, 0.6) is 0 Å². The van der Waals surface area contributed by atoms with E-state index in [0.29, 0.717) is 6.04 Å². The zero-order valence-electron chi connectivity index (χ0n) is 14.6. The Kier molecular flexibility index (Phi) is 5.97. The fourth-order valence-corrected chi connectivity index (χ4v) is 3.80. The lowest BCUT2D eigenvalue weighted by molar-refractivity contribution is 0.0300. The number of morpholine rings is 1. The minimum Gasteiger partial charge on any atom is -0.379 e. The van der Waals surface area contributed by atoms with Gasteiger partial charge in [0.15, 0.2) is 0 Å². The molecule has 0 N–H and O–H groups in total. The molecule has 0 radical (unpaired) electrons. The van der Waals surface area contributed by atoms with Crippen LogP contribution in [-0.2, 0) is 11.3 Å². The van der Waals surface area contributed by atoms with Crippen molar-refractivity contribution in [2.75, 3.05) is 39.4 Å². The van der Waals surface area contributed by atoms with Crippen LogP contribution >= 0.6 is 0 Å². The highest BCUT2D eigenvalue weighted by Crippen LogP contribution is 2.22. The Balaban J connectivity index is 1.57. The summed E-state index contributed by atoms with van der Waals surface area (Å²) < 4.78 is 5.45. The monoisotopic (exact) mass is 318 g/mol. The number of likely N-dealkylation sites (tertiary alicyclic amines) is 1. The molecule has 0 spiro atoms. The van der Waals surface area contributed by atoms with Crippen molar-refractivity contribution in [1.82, 2.24) is 19.8 Å². The molecule has 1 aromatic rings. The first-order valence-electron chi connectivity index (χ1n) is 9.06. The molecule has 5 heteroatoms. The fourth-order valence-electron chi connectivity index (χ4n) is 3.80. The Hall–Kier alpha value is -1.04. The molecule has 0 amide bonds. The standard InChI is InChI=1S/C18H30N4O/c1-15-13-16(2)20-18(19-15)14-22-7-4-3-5-17(22)6-8-21-9-11-23-12-10-21/h13,17H,3-12,14H2,1-2H3/t17-/m0/s1. The quantitative estimate of drug-likeness (QED) is 0.832. The molecule has 128 valence electrons. The van der Waals surface area contributed by atoms with E-state index < -0.39 is 0 Å². The Bertz CT molecular complexity index is 482. The summed E-state index contributed by atoms with van der Waals surface area (Å²) in [6.07, 6.45) is 5.23. The van der Waals surface area contributed by atoms with Crippen LogP contribution in [0.3, 0.4) is 0 Å². The van der Waals surface area contributed by atoms with Gasteiger partial charge in [0.2, 0.25) is 0 Å². The highest BCUT2D eigenvalue weighted by atomic mass is 16.5. The molecule has 3 rings (SSSR count). The van der Waals surface area contributed by atoms with Crippen LogP contribution < -0.4 is 0 Å².